The summed E-state index contributed by atoms with van der Waals surface area (Å²) in [5.41, 5.74) is -0.989. The van der Waals surface area contributed by atoms with Crippen molar-refractivity contribution in [1.29, 1.82) is 0 Å². The summed E-state index contributed by atoms with van der Waals surface area (Å²) in [6.07, 6.45) is -9.91. The molecule has 0 radical (unpaired) electrons. The highest BCUT2D eigenvalue weighted by atomic mass is 19.4. The SMILES string of the molecule is Nc1cccc(C(F)(C(F)F)C(F)(F)F)c1. The van der Waals surface area contributed by atoms with Gasteiger partial charge >= 0.3 is 6.18 Å². The van der Waals surface area contributed by atoms with E-state index in [2.05, 4.69) is 0 Å². The van der Waals surface area contributed by atoms with E-state index in [1.54, 1.807) is 0 Å². The van der Waals surface area contributed by atoms with Gasteiger partial charge in [-0.25, -0.2) is 13.2 Å². The van der Waals surface area contributed by atoms with Crippen LogP contribution in [0.4, 0.5) is 32.0 Å². The number of halogens is 6. The lowest BCUT2D eigenvalue weighted by atomic mass is 9.95. The summed E-state index contributed by atoms with van der Waals surface area (Å²) >= 11 is 0. The fraction of sp³-hybridized carbons (Fsp3) is 0.333. The van der Waals surface area contributed by atoms with Gasteiger partial charge in [-0.15, -0.1) is 0 Å². The molecule has 1 rings (SSSR count). The van der Waals surface area contributed by atoms with Crippen molar-refractivity contribution in [2.75, 3.05) is 5.73 Å². The van der Waals surface area contributed by atoms with Crippen molar-refractivity contribution in [3.63, 3.8) is 0 Å². The van der Waals surface area contributed by atoms with E-state index < -0.39 is 23.8 Å². The molecule has 1 aromatic rings. The lowest BCUT2D eigenvalue weighted by molar-refractivity contribution is -0.274. The Balaban J connectivity index is 3.34. The van der Waals surface area contributed by atoms with Gasteiger partial charge < -0.3 is 5.73 Å². The van der Waals surface area contributed by atoms with E-state index in [1.807, 2.05) is 0 Å². The van der Waals surface area contributed by atoms with Gasteiger partial charge in [-0.3, -0.25) is 0 Å². The monoisotopic (exact) mass is 243 g/mol. The Morgan fingerprint density at radius 2 is 1.62 bits per heavy atom. The van der Waals surface area contributed by atoms with Crippen LogP contribution in [-0.2, 0) is 5.67 Å². The largest absolute Gasteiger partial charge is 0.432 e. The van der Waals surface area contributed by atoms with Crippen LogP contribution >= 0.6 is 0 Å². The predicted octanol–water partition coefficient (Wildman–Crippen LogP) is 3.26. The topological polar surface area (TPSA) is 26.0 Å². The minimum Gasteiger partial charge on any atom is -0.399 e. The van der Waals surface area contributed by atoms with Crippen molar-refractivity contribution < 1.29 is 26.3 Å². The summed E-state index contributed by atoms with van der Waals surface area (Å²) in [6.45, 7) is 0. The van der Waals surface area contributed by atoms with Gasteiger partial charge in [0.25, 0.3) is 12.1 Å². The Morgan fingerprint density at radius 3 is 2.00 bits per heavy atom. The van der Waals surface area contributed by atoms with Crippen molar-refractivity contribution in [2.24, 2.45) is 0 Å². The zero-order chi connectivity index (χ0) is 12.6. The number of benzene rings is 1. The molecule has 0 aromatic heterocycles. The molecule has 0 aliphatic rings. The van der Waals surface area contributed by atoms with Gasteiger partial charge in [-0.1, -0.05) is 12.1 Å². The van der Waals surface area contributed by atoms with Crippen molar-refractivity contribution >= 4 is 5.69 Å². The molecule has 1 aromatic carbocycles. The van der Waals surface area contributed by atoms with E-state index in [0.717, 1.165) is 6.07 Å². The van der Waals surface area contributed by atoms with E-state index in [1.165, 1.54) is 6.07 Å². The van der Waals surface area contributed by atoms with Crippen LogP contribution in [0.3, 0.4) is 0 Å². The van der Waals surface area contributed by atoms with Gasteiger partial charge in [0, 0.05) is 11.3 Å². The summed E-state index contributed by atoms with van der Waals surface area (Å²) in [5.74, 6) is 0. The first-order valence-corrected chi connectivity index (χ1v) is 4.09. The Labute approximate surface area is 86.9 Å². The number of hydrogen-bond donors (Lipinski definition) is 1. The molecule has 90 valence electrons. The summed E-state index contributed by atoms with van der Waals surface area (Å²) in [6, 6.07) is 3.31. The lowest BCUT2D eigenvalue weighted by Crippen LogP contribution is -2.44. The maximum absolute atomic E-state index is 13.4. The molecule has 0 saturated carbocycles. The van der Waals surface area contributed by atoms with E-state index in [0.29, 0.717) is 12.1 Å². The molecule has 0 aliphatic heterocycles. The lowest BCUT2D eigenvalue weighted by Gasteiger charge is -2.27. The van der Waals surface area contributed by atoms with Crippen LogP contribution < -0.4 is 5.73 Å². The van der Waals surface area contributed by atoms with E-state index in [9.17, 15) is 26.3 Å². The third-order valence-corrected chi connectivity index (χ3v) is 2.02. The Bertz CT molecular complexity index is 375. The molecule has 0 amide bonds. The molecule has 16 heavy (non-hydrogen) atoms. The normalized spacial score (nSPS) is 16.2. The van der Waals surface area contributed by atoms with Gasteiger partial charge in [0.1, 0.15) is 0 Å². The van der Waals surface area contributed by atoms with Crippen molar-refractivity contribution in [3.8, 4) is 0 Å². The summed E-state index contributed by atoms with van der Waals surface area (Å²) in [7, 11) is 0. The number of rotatable bonds is 2. The molecule has 0 fully saturated rings. The fourth-order valence-electron chi connectivity index (χ4n) is 1.18. The van der Waals surface area contributed by atoms with Crippen molar-refractivity contribution in [2.45, 2.75) is 18.3 Å². The molecule has 1 nitrogen and oxygen atoms in total. The number of nitrogen functional groups attached to an aromatic ring is 1. The summed E-state index contributed by atoms with van der Waals surface area (Å²) in [4.78, 5) is 0. The van der Waals surface area contributed by atoms with Crippen molar-refractivity contribution in [1.82, 2.24) is 0 Å². The molecular formula is C9H7F6N. The average molecular weight is 243 g/mol. The molecular weight excluding hydrogens is 236 g/mol. The summed E-state index contributed by atoms with van der Waals surface area (Å²) in [5, 5.41) is 0. The zero-order valence-corrected chi connectivity index (χ0v) is 7.73. The maximum atomic E-state index is 13.4. The van der Waals surface area contributed by atoms with Crippen LogP contribution in [-0.4, -0.2) is 12.6 Å². The Morgan fingerprint density at radius 1 is 1.06 bits per heavy atom. The van der Waals surface area contributed by atoms with Crippen LogP contribution in [0, 0.1) is 0 Å². The first kappa shape index (κ1) is 12.7. The highest BCUT2D eigenvalue weighted by Crippen LogP contribution is 2.47. The first-order chi connectivity index (χ1) is 7.19. The highest BCUT2D eigenvalue weighted by molar-refractivity contribution is 5.43. The van der Waals surface area contributed by atoms with Crippen LogP contribution in [0.1, 0.15) is 5.56 Å². The van der Waals surface area contributed by atoms with E-state index in [4.69, 9.17) is 5.73 Å². The molecule has 0 bridgehead atoms. The van der Waals surface area contributed by atoms with Crippen LogP contribution in [0.25, 0.3) is 0 Å². The maximum Gasteiger partial charge on any atom is 0.432 e. The van der Waals surface area contributed by atoms with Crippen LogP contribution in [0.2, 0.25) is 0 Å². The Kier molecular flexibility index (Phi) is 3.07. The van der Waals surface area contributed by atoms with Gasteiger partial charge in [0.05, 0.1) is 0 Å². The molecule has 7 heteroatoms. The van der Waals surface area contributed by atoms with Crippen molar-refractivity contribution in [3.05, 3.63) is 29.8 Å². The molecule has 2 N–H and O–H groups in total. The predicted molar refractivity (Wildman–Crippen MR) is 45.7 cm³/mol. The molecule has 0 heterocycles. The smallest absolute Gasteiger partial charge is 0.399 e. The third-order valence-electron chi connectivity index (χ3n) is 2.02. The standard InChI is InChI=1S/C9H7F6N/c10-7(11)8(12,9(13,14)15)5-2-1-3-6(16)4-5/h1-4,7H,16H2. The molecule has 0 spiro atoms. The number of alkyl halides is 6. The highest BCUT2D eigenvalue weighted by Gasteiger charge is 2.63. The summed E-state index contributed by atoms with van der Waals surface area (Å²) < 4.78 is 74.8. The Hall–Kier alpha value is -1.40. The van der Waals surface area contributed by atoms with Gasteiger partial charge in [0.15, 0.2) is 0 Å². The minimum absolute atomic E-state index is 0.218. The minimum atomic E-state index is -5.70. The molecule has 1 atom stereocenters. The average Bonchev–Trinajstić information content (AvgIpc) is 2.14. The second kappa shape index (κ2) is 3.88. The van der Waals surface area contributed by atoms with Crippen LogP contribution in [0.5, 0.6) is 0 Å². The third kappa shape index (κ3) is 1.94. The number of hydrogen-bond acceptors (Lipinski definition) is 1. The fourth-order valence-corrected chi connectivity index (χ4v) is 1.18. The van der Waals surface area contributed by atoms with Gasteiger partial charge in [0.2, 0.25) is 0 Å². The number of nitrogens with two attached hydrogens (primary N) is 1. The molecule has 1 unspecified atom stereocenters. The quantitative estimate of drug-likeness (QED) is 0.626. The molecule has 0 saturated heterocycles. The van der Waals surface area contributed by atoms with Gasteiger partial charge in [-0.05, 0) is 12.1 Å². The van der Waals surface area contributed by atoms with E-state index >= 15 is 0 Å². The second-order valence-corrected chi connectivity index (χ2v) is 3.14. The zero-order valence-electron chi connectivity index (χ0n) is 7.73. The van der Waals surface area contributed by atoms with Gasteiger partial charge in [-0.2, -0.15) is 13.2 Å². The van der Waals surface area contributed by atoms with E-state index in [-0.39, 0.29) is 5.69 Å². The second-order valence-electron chi connectivity index (χ2n) is 3.14. The number of anilines is 1. The first-order valence-electron chi connectivity index (χ1n) is 4.09. The van der Waals surface area contributed by atoms with Crippen LogP contribution in [0.15, 0.2) is 24.3 Å². The molecule has 0 aliphatic carbocycles.